The molecule has 0 unspecified atom stereocenters. The van der Waals surface area contributed by atoms with E-state index in [0.717, 1.165) is 10.6 Å². The minimum atomic E-state index is -5.03. The molecule has 0 aromatic heterocycles. The number of aliphatic hydroxyl groups is 2. The number of nitrogens with one attached hydrogen (secondary N) is 1. The van der Waals surface area contributed by atoms with Crippen molar-refractivity contribution < 1.29 is 32.9 Å². The molecule has 0 spiro atoms. The van der Waals surface area contributed by atoms with E-state index in [1.807, 2.05) is 6.07 Å². The van der Waals surface area contributed by atoms with Gasteiger partial charge in [0.05, 0.1) is 18.8 Å². The first-order valence-corrected chi connectivity index (χ1v) is 6.92. The number of piperidine rings is 1. The van der Waals surface area contributed by atoms with Gasteiger partial charge >= 0.3 is 12.1 Å². The Morgan fingerprint density at radius 1 is 1.22 bits per heavy atom. The molecule has 1 aromatic carbocycles. The van der Waals surface area contributed by atoms with Gasteiger partial charge in [0.15, 0.2) is 0 Å². The number of hydrogen-bond donors (Lipinski definition) is 3. The van der Waals surface area contributed by atoms with E-state index in [2.05, 4.69) is 0 Å². The van der Waals surface area contributed by atoms with Gasteiger partial charge in [0.2, 0.25) is 0 Å². The molecular weight excluding hydrogens is 317 g/mol. The standard InChI is InChI=1S/C14H17F3N2O4/c15-14(16,17)13(22)18-19-6-10(20)12(11(21)7-19)23-8-9-4-2-1-3-5-9/h1-5,10-12,20-21H,6-8H2,(H,18,22)/t10-,11+,12+. The number of nitrogens with zero attached hydrogens (tertiary/aromatic N) is 1. The molecule has 3 N–H and O–H groups in total. The zero-order valence-electron chi connectivity index (χ0n) is 12.0. The normalized spacial score (nSPS) is 26.0. The van der Waals surface area contributed by atoms with Crippen molar-refractivity contribution in [3.8, 4) is 0 Å². The van der Waals surface area contributed by atoms with Crippen LogP contribution in [-0.4, -0.2) is 58.7 Å². The molecule has 2 rings (SSSR count). The van der Waals surface area contributed by atoms with Gasteiger partial charge in [0.25, 0.3) is 0 Å². The van der Waals surface area contributed by atoms with E-state index in [1.54, 1.807) is 29.7 Å². The Balaban J connectivity index is 1.88. The van der Waals surface area contributed by atoms with Crippen LogP contribution in [0.4, 0.5) is 13.2 Å². The van der Waals surface area contributed by atoms with Crippen LogP contribution in [0.2, 0.25) is 0 Å². The van der Waals surface area contributed by atoms with Crippen molar-refractivity contribution in [1.82, 2.24) is 10.4 Å². The Labute approximate surface area is 130 Å². The van der Waals surface area contributed by atoms with Gasteiger partial charge in [-0.1, -0.05) is 30.3 Å². The average molecular weight is 334 g/mol. The number of hydrogen-bond acceptors (Lipinski definition) is 5. The van der Waals surface area contributed by atoms with Crippen LogP contribution in [0, 0.1) is 0 Å². The highest BCUT2D eigenvalue weighted by atomic mass is 19.4. The van der Waals surface area contributed by atoms with Crippen LogP contribution >= 0.6 is 0 Å². The van der Waals surface area contributed by atoms with Crippen molar-refractivity contribution in [2.24, 2.45) is 0 Å². The van der Waals surface area contributed by atoms with Crippen molar-refractivity contribution >= 4 is 5.91 Å². The maximum absolute atomic E-state index is 12.2. The largest absolute Gasteiger partial charge is 0.472 e. The number of alkyl halides is 3. The molecule has 0 aliphatic carbocycles. The fourth-order valence-corrected chi connectivity index (χ4v) is 2.28. The number of carbonyl (C=O) groups excluding carboxylic acids is 1. The van der Waals surface area contributed by atoms with Gasteiger partial charge in [-0.25, -0.2) is 5.01 Å². The Morgan fingerprint density at radius 3 is 2.30 bits per heavy atom. The lowest BCUT2D eigenvalue weighted by molar-refractivity contribution is -0.187. The van der Waals surface area contributed by atoms with Crippen molar-refractivity contribution in [2.45, 2.75) is 31.1 Å². The second-order valence-corrected chi connectivity index (χ2v) is 5.24. The number of ether oxygens (including phenoxy) is 1. The summed E-state index contributed by atoms with van der Waals surface area (Å²) in [7, 11) is 0. The number of rotatable bonds is 4. The number of hydrazine groups is 1. The van der Waals surface area contributed by atoms with E-state index < -0.39 is 30.4 Å². The SMILES string of the molecule is O=C(NN1C[C@@H](O)[C@H](OCc2ccccc2)[C@@H](O)C1)C(F)(F)F. The monoisotopic (exact) mass is 334 g/mol. The van der Waals surface area contributed by atoms with Gasteiger partial charge < -0.3 is 14.9 Å². The van der Waals surface area contributed by atoms with Gasteiger partial charge in [-0.05, 0) is 5.56 Å². The van der Waals surface area contributed by atoms with E-state index in [-0.39, 0.29) is 19.7 Å². The number of benzene rings is 1. The van der Waals surface area contributed by atoms with Crippen LogP contribution in [0.15, 0.2) is 30.3 Å². The minimum Gasteiger partial charge on any atom is -0.389 e. The zero-order chi connectivity index (χ0) is 17.0. The topological polar surface area (TPSA) is 82.0 Å². The van der Waals surface area contributed by atoms with Crippen LogP contribution < -0.4 is 5.43 Å². The first kappa shape index (κ1) is 17.7. The lowest BCUT2D eigenvalue weighted by Crippen LogP contribution is -2.62. The summed E-state index contributed by atoms with van der Waals surface area (Å²) < 4.78 is 42.0. The summed E-state index contributed by atoms with van der Waals surface area (Å²) in [6.45, 7) is -0.411. The van der Waals surface area contributed by atoms with Crippen molar-refractivity contribution in [3.63, 3.8) is 0 Å². The number of carbonyl (C=O) groups is 1. The quantitative estimate of drug-likeness (QED) is 0.733. The third kappa shape index (κ3) is 4.90. The molecule has 9 heteroatoms. The summed E-state index contributed by atoms with van der Waals surface area (Å²) >= 11 is 0. The lowest BCUT2D eigenvalue weighted by atomic mass is 10.0. The Morgan fingerprint density at radius 2 is 1.78 bits per heavy atom. The highest BCUT2D eigenvalue weighted by Gasteiger charge is 2.42. The second-order valence-electron chi connectivity index (χ2n) is 5.24. The predicted molar refractivity (Wildman–Crippen MR) is 72.8 cm³/mol. The molecular formula is C14H17F3N2O4. The minimum absolute atomic E-state index is 0.147. The van der Waals surface area contributed by atoms with Crippen LogP contribution in [0.25, 0.3) is 0 Å². The second kappa shape index (κ2) is 7.26. The van der Waals surface area contributed by atoms with Crippen molar-refractivity contribution in [2.75, 3.05) is 13.1 Å². The molecule has 128 valence electrons. The van der Waals surface area contributed by atoms with Crippen LogP contribution in [0.1, 0.15) is 5.56 Å². The molecule has 1 aliphatic rings. The fraction of sp³-hybridized carbons (Fsp3) is 0.500. The number of β-amino-alcohol motifs (C(OH)–C–C–N with tert-alkyl or cyclic N) is 2. The molecule has 1 aliphatic heterocycles. The lowest BCUT2D eigenvalue weighted by Gasteiger charge is -2.39. The fourth-order valence-electron chi connectivity index (χ4n) is 2.28. The van der Waals surface area contributed by atoms with Crippen LogP contribution in [-0.2, 0) is 16.1 Å². The Bertz CT molecular complexity index is 515. The molecule has 1 aromatic rings. The Kier molecular flexibility index (Phi) is 5.58. The maximum atomic E-state index is 12.2. The molecule has 1 heterocycles. The van der Waals surface area contributed by atoms with Gasteiger partial charge in [-0.3, -0.25) is 10.2 Å². The molecule has 6 nitrogen and oxygen atoms in total. The van der Waals surface area contributed by atoms with E-state index in [1.165, 1.54) is 0 Å². The first-order chi connectivity index (χ1) is 10.8. The zero-order valence-corrected chi connectivity index (χ0v) is 12.0. The predicted octanol–water partition coefficient (Wildman–Crippen LogP) is 0.203. The number of amides is 1. The molecule has 3 atom stereocenters. The van der Waals surface area contributed by atoms with Gasteiger partial charge in [0, 0.05) is 13.1 Å². The molecule has 1 fully saturated rings. The first-order valence-electron chi connectivity index (χ1n) is 6.92. The van der Waals surface area contributed by atoms with Crippen molar-refractivity contribution in [1.29, 1.82) is 0 Å². The molecule has 0 radical (unpaired) electrons. The summed E-state index contributed by atoms with van der Waals surface area (Å²) in [5.74, 6) is -2.15. The van der Waals surface area contributed by atoms with Crippen molar-refractivity contribution in [3.05, 3.63) is 35.9 Å². The molecule has 1 saturated heterocycles. The highest BCUT2D eigenvalue weighted by molar-refractivity contribution is 5.81. The maximum Gasteiger partial charge on any atom is 0.472 e. The summed E-state index contributed by atoms with van der Waals surface area (Å²) in [5.41, 5.74) is 2.44. The van der Waals surface area contributed by atoms with Gasteiger partial charge in [0.1, 0.15) is 6.10 Å². The molecule has 23 heavy (non-hydrogen) atoms. The van der Waals surface area contributed by atoms with E-state index in [4.69, 9.17) is 4.74 Å². The smallest absolute Gasteiger partial charge is 0.389 e. The van der Waals surface area contributed by atoms with E-state index in [0.29, 0.717) is 0 Å². The van der Waals surface area contributed by atoms with Gasteiger partial charge in [-0.15, -0.1) is 0 Å². The van der Waals surface area contributed by atoms with Crippen LogP contribution in [0.3, 0.4) is 0 Å². The van der Waals surface area contributed by atoms with Gasteiger partial charge in [-0.2, -0.15) is 13.2 Å². The summed E-state index contributed by atoms with van der Waals surface area (Å²) in [5, 5.41) is 20.7. The third-order valence-corrected chi connectivity index (χ3v) is 3.38. The molecule has 0 bridgehead atoms. The van der Waals surface area contributed by atoms with E-state index in [9.17, 15) is 28.2 Å². The third-order valence-electron chi connectivity index (χ3n) is 3.38. The average Bonchev–Trinajstić information content (AvgIpc) is 2.46. The number of aliphatic hydroxyl groups excluding tert-OH is 2. The Hall–Kier alpha value is -1.68. The summed E-state index contributed by atoms with van der Waals surface area (Å²) in [4.78, 5) is 10.9. The van der Waals surface area contributed by atoms with Crippen LogP contribution in [0.5, 0.6) is 0 Å². The molecule has 1 amide bonds. The number of halogens is 3. The van der Waals surface area contributed by atoms with E-state index >= 15 is 0 Å². The summed E-state index contributed by atoms with van der Waals surface area (Å²) in [6.07, 6.45) is -8.46. The molecule has 0 saturated carbocycles. The highest BCUT2D eigenvalue weighted by Crippen LogP contribution is 2.18. The summed E-state index contributed by atoms with van der Waals surface area (Å²) in [6, 6.07) is 9.05.